The van der Waals surface area contributed by atoms with Crippen molar-refractivity contribution in [2.24, 2.45) is 12.2 Å². The number of fused-ring (bicyclic) bond motifs is 1. The number of nitrogens with one attached hydrogen (secondary N) is 1. The zero-order valence-electron chi connectivity index (χ0n) is 27.7. The van der Waals surface area contributed by atoms with E-state index >= 15 is 0 Å². The SMILES string of the molecule is CC(=O)CCC(=O)Nc1ccc(COC(=O)N(c2ccc(C)c(S(N)(=O)=O)c2)c2nccc(N(C)c3ccc4c(C)n(C)nc4c3)n2)cc1. The zero-order chi connectivity index (χ0) is 35.5. The molecule has 254 valence electrons. The number of benzene rings is 3. The van der Waals surface area contributed by atoms with Gasteiger partial charge >= 0.3 is 6.09 Å². The van der Waals surface area contributed by atoms with Crippen LogP contribution in [0.5, 0.6) is 0 Å². The summed E-state index contributed by atoms with van der Waals surface area (Å²) in [6.45, 7) is 4.84. The molecule has 3 aromatic carbocycles. The van der Waals surface area contributed by atoms with Crippen molar-refractivity contribution in [2.45, 2.75) is 45.1 Å². The van der Waals surface area contributed by atoms with Crippen LogP contribution in [0.4, 0.5) is 33.6 Å². The highest BCUT2D eigenvalue weighted by atomic mass is 32.2. The molecule has 14 nitrogen and oxygen atoms in total. The molecule has 2 heterocycles. The second-order valence-electron chi connectivity index (χ2n) is 11.5. The van der Waals surface area contributed by atoms with Crippen LogP contribution in [0.1, 0.15) is 36.6 Å². The highest BCUT2D eigenvalue weighted by molar-refractivity contribution is 7.89. The first-order valence-electron chi connectivity index (χ1n) is 15.2. The molecule has 0 radical (unpaired) electrons. The van der Waals surface area contributed by atoms with E-state index in [-0.39, 0.29) is 47.7 Å². The van der Waals surface area contributed by atoms with Crippen molar-refractivity contribution in [3.63, 3.8) is 0 Å². The summed E-state index contributed by atoms with van der Waals surface area (Å²) in [5.41, 5.74) is 4.27. The molecule has 0 aliphatic rings. The predicted octanol–water partition coefficient (Wildman–Crippen LogP) is 5.18. The van der Waals surface area contributed by atoms with Gasteiger partial charge in [0.25, 0.3) is 0 Å². The van der Waals surface area contributed by atoms with Crippen LogP contribution in [-0.2, 0) is 38.0 Å². The third-order valence-electron chi connectivity index (χ3n) is 7.90. The first-order chi connectivity index (χ1) is 23.2. The fourth-order valence-corrected chi connectivity index (χ4v) is 5.84. The Morgan fingerprint density at radius 1 is 0.959 bits per heavy atom. The van der Waals surface area contributed by atoms with Crippen molar-refractivity contribution < 1.29 is 27.5 Å². The molecule has 0 spiro atoms. The summed E-state index contributed by atoms with van der Waals surface area (Å²) in [6, 6.07) is 18.5. The molecular weight excluding hydrogens is 648 g/mol. The number of primary sulfonamides is 1. The highest BCUT2D eigenvalue weighted by Crippen LogP contribution is 2.31. The maximum atomic E-state index is 13.8. The molecule has 0 saturated heterocycles. The molecule has 15 heteroatoms. The molecule has 2 aromatic heterocycles. The van der Waals surface area contributed by atoms with Gasteiger partial charge in [-0.05, 0) is 80.4 Å². The maximum Gasteiger partial charge on any atom is 0.421 e. The van der Waals surface area contributed by atoms with Crippen LogP contribution in [0.15, 0.2) is 77.8 Å². The van der Waals surface area contributed by atoms with Crippen molar-refractivity contribution >= 4 is 67.5 Å². The third kappa shape index (κ3) is 8.08. The van der Waals surface area contributed by atoms with Crippen molar-refractivity contribution in [1.82, 2.24) is 19.7 Å². The van der Waals surface area contributed by atoms with Gasteiger partial charge in [0.2, 0.25) is 21.9 Å². The van der Waals surface area contributed by atoms with Gasteiger partial charge in [0.15, 0.2) is 0 Å². The molecule has 0 unspecified atom stereocenters. The summed E-state index contributed by atoms with van der Waals surface area (Å²) in [7, 11) is -0.442. The van der Waals surface area contributed by atoms with E-state index in [4.69, 9.17) is 9.88 Å². The number of anilines is 5. The van der Waals surface area contributed by atoms with Gasteiger partial charge in [-0.25, -0.2) is 28.2 Å². The molecule has 5 rings (SSSR count). The fourth-order valence-electron chi connectivity index (χ4n) is 5.04. The molecule has 0 aliphatic heterocycles. The standard InChI is InChI=1S/C34H36N8O6S/c1-21-6-12-27(19-30(21)49(35,46)47)42(34(45)48-20-24-8-10-25(11-9-24)37-32(44)15-7-22(2)43)33-36-17-16-31(38-33)40(4)26-13-14-28-23(3)41(5)39-29(28)18-26/h6,8-14,16-19H,7,15,20H2,1-5H3,(H,37,44)(H2,35,46,47). The van der Waals surface area contributed by atoms with E-state index in [1.54, 1.807) is 43.3 Å². The Bertz CT molecular complexity index is 2170. The van der Waals surface area contributed by atoms with Crippen LogP contribution in [-0.4, -0.2) is 53.0 Å². The van der Waals surface area contributed by atoms with Crippen LogP contribution in [0.3, 0.4) is 0 Å². The Morgan fingerprint density at radius 3 is 2.37 bits per heavy atom. The summed E-state index contributed by atoms with van der Waals surface area (Å²) < 4.78 is 32.2. The summed E-state index contributed by atoms with van der Waals surface area (Å²) >= 11 is 0. The number of aryl methyl sites for hydroxylation is 3. The largest absolute Gasteiger partial charge is 0.444 e. The minimum atomic E-state index is -4.13. The van der Waals surface area contributed by atoms with Gasteiger partial charge in [0.05, 0.1) is 16.1 Å². The summed E-state index contributed by atoms with van der Waals surface area (Å²) in [4.78, 5) is 48.7. The summed E-state index contributed by atoms with van der Waals surface area (Å²) in [5, 5.41) is 13.8. The molecule has 2 amide bonds. The number of nitrogens with zero attached hydrogens (tertiary/aromatic N) is 6. The van der Waals surface area contributed by atoms with Gasteiger partial charge in [0.1, 0.15) is 18.2 Å². The van der Waals surface area contributed by atoms with E-state index in [2.05, 4.69) is 20.4 Å². The number of hydrogen-bond donors (Lipinski definition) is 2. The smallest absolute Gasteiger partial charge is 0.421 e. The van der Waals surface area contributed by atoms with Gasteiger partial charge in [-0.3, -0.25) is 9.48 Å². The molecule has 0 atom stereocenters. The van der Waals surface area contributed by atoms with Crippen LogP contribution in [0.2, 0.25) is 0 Å². The normalized spacial score (nSPS) is 11.3. The molecule has 0 fully saturated rings. The molecular formula is C34H36N8O6S. The molecule has 0 bridgehead atoms. The predicted molar refractivity (Wildman–Crippen MR) is 185 cm³/mol. The van der Waals surface area contributed by atoms with Crippen molar-refractivity contribution in [2.75, 3.05) is 22.2 Å². The van der Waals surface area contributed by atoms with Gasteiger partial charge in [-0.1, -0.05) is 18.2 Å². The van der Waals surface area contributed by atoms with Crippen LogP contribution in [0, 0.1) is 13.8 Å². The van der Waals surface area contributed by atoms with Crippen molar-refractivity contribution in [1.29, 1.82) is 0 Å². The lowest BCUT2D eigenvalue weighted by Crippen LogP contribution is -2.29. The molecule has 3 N–H and O–H groups in total. The van der Waals surface area contributed by atoms with Crippen molar-refractivity contribution in [3.05, 3.63) is 89.7 Å². The number of sulfonamides is 1. The second kappa shape index (κ2) is 14.2. The number of nitrogens with two attached hydrogens (primary N) is 1. The second-order valence-corrected chi connectivity index (χ2v) is 13.0. The number of ketones is 1. The Kier molecular flexibility index (Phi) is 10.1. The lowest BCUT2D eigenvalue weighted by atomic mass is 10.2. The number of aromatic nitrogens is 4. The highest BCUT2D eigenvalue weighted by Gasteiger charge is 2.26. The van der Waals surface area contributed by atoms with E-state index in [9.17, 15) is 22.8 Å². The molecule has 5 aromatic rings. The quantitative estimate of drug-likeness (QED) is 0.188. The minimum Gasteiger partial charge on any atom is -0.444 e. The van der Waals surface area contributed by atoms with Gasteiger partial charge in [0, 0.05) is 55.6 Å². The monoisotopic (exact) mass is 684 g/mol. The van der Waals surface area contributed by atoms with Crippen molar-refractivity contribution in [3.8, 4) is 0 Å². The fraction of sp³-hybridized carbons (Fsp3) is 0.235. The van der Waals surface area contributed by atoms with Gasteiger partial charge < -0.3 is 19.7 Å². The Balaban J connectivity index is 1.42. The third-order valence-corrected chi connectivity index (χ3v) is 8.95. The van der Waals surface area contributed by atoms with E-state index in [0.29, 0.717) is 22.6 Å². The summed E-state index contributed by atoms with van der Waals surface area (Å²) in [6.07, 6.45) is 0.834. The van der Waals surface area contributed by atoms with E-state index in [0.717, 1.165) is 27.2 Å². The average Bonchev–Trinajstić information content (AvgIpc) is 3.35. The van der Waals surface area contributed by atoms with Crippen LogP contribution in [0.25, 0.3) is 10.9 Å². The van der Waals surface area contributed by atoms with Gasteiger partial charge in [-0.15, -0.1) is 0 Å². The number of rotatable bonds is 11. The first-order valence-corrected chi connectivity index (χ1v) is 16.7. The van der Waals surface area contributed by atoms with Crippen LogP contribution < -0.4 is 20.3 Å². The van der Waals surface area contributed by atoms with E-state index < -0.39 is 16.1 Å². The molecule has 0 aliphatic carbocycles. The summed E-state index contributed by atoms with van der Waals surface area (Å²) in [5.74, 6) is 0.00303. The number of carbonyl (C=O) groups is 3. The number of Topliss-reactive ketones (excluding diaryl/α,β-unsaturated/α-hetero) is 1. The van der Waals surface area contributed by atoms with E-state index in [1.165, 1.54) is 25.3 Å². The Labute approximate surface area is 283 Å². The minimum absolute atomic E-state index is 0.0723. The Hall–Kier alpha value is -5.67. The van der Waals surface area contributed by atoms with E-state index in [1.807, 2.05) is 48.8 Å². The maximum absolute atomic E-state index is 13.8. The molecule has 0 saturated carbocycles. The molecule has 49 heavy (non-hydrogen) atoms. The van der Waals surface area contributed by atoms with Gasteiger partial charge in [-0.2, -0.15) is 10.1 Å². The lowest BCUT2D eigenvalue weighted by molar-refractivity contribution is -0.121. The average molecular weight is 685 g/mol. The first kappa shape index (κ1) is 34.7. The zero-order valence-corrected chi connectivity index (χ0v) is 28.5. The number of carbonyl (C=O) groups excluding carboxylic acids is 3. The van der Waals surface area contributed by atoms with Crippen LogP contribution >= 0.6 is 0 Å². The number of ether oxygens (including phenoxy) is 1. The lowest BCUT2D eigenvalue weighted by Gasteiger charge is -2.24. The number of amides is 2. The number of hydrogen-bond acceptors (Lipinski definition) is 10. The topological polar surface area (TPSA) is 183 Å². The Morgan fingerprint density at radius 2 is 1.67 bits per heavy atom.